The number of hydrogen-bond acceptors (Lipinski definition) is 2. The van der Waals surface area contributed by atoms with Gasteiger partial charge >= 0.3 is 0 Å². The zero-order chi connectivity index (χ0) is 22.3. The number of carbonyl (C=O) groups is 2. The average Bonchev–Trinajstić information content (AvgIpc) is 2.69. The normalized spacial score (nSPS) is 12.3. The second-order valence-corrected chi connectivity index (χ2v) is 9.58. The number of nitrogens with one attached hydrogen (secondary N) is 1. The molecule has 0 aliphatic rings. The van der Waals surface area contributed by atoms with Crippen molar-refractivity contribution < 1.29 is 9.59 Å². The van der Waals surface area contributed by atoms with Crippen molar-refractivity contribution >= 4 is 27.7 Å². The van der Waals surface area contributed by atoms with E-state index in [-0.39, 0.29) is 17.2 Å². The first-order valence-electron chi connectivity index (χ1n) is 10.5. The van der Waals surface area contributed by atoms with Gasteiger partial charge in [-0.3, -0.25) is 9.59 Å². The Hall–Kier alpha value is -2.14. The molecule has 2 amide bonds. The molecule has 0 saturated heterocycles. The van der Waals surface area contributed by atoms with Gasteiger partial charge in [0.2, 0.25) is 11.8 Å². The zero-order valence-electron chi connectivity index (χ0n) is 18.7. The molecule has 0 fully saturated rings. The van der Waals surface area contributed by atoms with Crippen LogP contribution in [0.3, 0.4) is 0 Å². The summed E-state index contributed by atoms with van der Waals surface area (Å²) in [6.45, 7) is 11.2. The quantitative estimate of drug-likeness (QED) is 0.571. The molecule has 1 atom stereocenters. The highest BCUT2D eigenvalue weighted by Gasteiger charge is 2.25. The van der Waals surface area contributed by atoms with Crippen LogP contribution in [0.15, 0.2) is 53.0 Å². The van der Waals surface area contributed by atoms with E-state index in [9.17, 15) is 9.59 Å². The maximum absolute atomic E-state index is 13.1. The van der Waals surface area contributed by atoms with Crippen molar-refractivity contribution in [2.45, 2.75) is 65.5 Å². The number of amides is 2. The molecule has 0 spiro atoms. The molecule has 0 bridgehead atoms. The van der Waals surface area contributed by atoms with E-state index in [0.29, 0.717) is 25.9 Å². The standard InChI is InChI=1S/C25H33BrN2O2/c1-6-27-24(30)18(2)28(17-20-8-7-9-22(26)16-20)23(29)15-12-19-10-13-21(14-11-19)25(3,4)5/h7-11,13-14,16,18H,6,12,15,17H2,1-5H3,(H,27,30)/t18-/m1/s1. The van der Waals surface area contributed by atoms with Crippen molar-refractivity contribution in [3.05, 3.63) is 69.7 Å². The Morgan fingerprint density at radius 3 is 2.30 bits per heavy atom. The highest BCUT2D eigenvalue weighted by atomic mass is 79.9. The van der Waals surface area contributed by atoms with Gasteiger partial charge in [-0.25, -0.2) is 0 Å². The predicted molar refractivity (Wildman–Crippen MR) is 126 cm³/mol. The van der Waals surface area contributed by atoms with Crippen LogP contribution in [0.4, 0.5) is 0 Å². The summed E-state index contributed by atoms with van der Waals surface area (Å²) in [7, 11) is 0. The van der Waals surface area contributed by atoms with Gasteiger partial charge in [-0.1, -0.05) is 73.1 Å². The fraction of sp³-hybridized carbons (Fsp3) is 0.440. The van der Waals surface area contributed by atoms with Gasteiger partial charge in [0.1, 0.15) is 6.04 Å². The Balaban J connectivity index is 2.12. The van der Waals surface area contributed by atoms with Crippen LogP contribution in [0.1, 0.15) is 57.7 Å². The number of rotatable bonds is 8. The summed E-state index contributed by atoms with van der Waals surface area (Å²) in [5.74, 6) is -0.149. The van der Waals surface area contributed by atoms with Gasteiger partial charge in [-0.15, -0.1) is 0 Å². The van der Waals surface area contributed by atoms with Crippen LogP contribution in [0.2, 0.25) is 0 Å². The molecule has 30 heavy (non-hydrogen) atoms. The van der Waals surface area contributed by atoms with Crippen molar-refractivity contribution in [3.8, 4) is 0 Å². The fourth-order valence-electron chi connectivity index (χ4n) is 3.30. The van der Waals surface area contributed by atoms with Crippen LogP contribution in [-0.4, -0.2) is 29.3 Å². The fourth-order valence-corrected chi connectivity index (χ4v) is 3.75. The second-order valence-electron chi connectivity index (χ2n) is 8.67. The van der Waals surface area contributed by atoms with Gasteiger partial charge in [-0.05, 0) is 54.5 Å². The average molecular weight is 473 g/mol. The Morgan fingerprint density at radius 2 is 1.73 bits per heavy atom. The molecule has 2 aromatic carbocycles. The van der Waals surface area contributed by atoms with E-state index < -0.39 is 6.04 Å². The maximum atomic E-state index is 13.1. The molecule has 162 valence electrons. The van der Waals surface area contributed by atoms with Crippen molar-refractivity contribution in [1.82, 2.24) is 10.2 Å². The number of nitrogens with zero attached hydrogens (tertiary/aromatic N) is 1. The van der Waals surface area contributed by atoms with E-state index in [4.69, 9.17) is 0 Å². The lowest BCUT2D eigenvalue weighted by Gasteiger charge is -2.29. The van der Waals surface area contributed by atoms with Crippen LogP contribution in [0, 0.1) is 0 Å². The molecule has 0 saturated carbocycles. The third-order valence-electron chi connectivity index (χ3n) is 5.21. The highest BCUT2D eigenvalue weighted by Crippen LogP contribution is 2.23. The largest absolute Gasteiger partial charge is 0.355 e. The summed E-state index contributed by atoms with van der Waals surface area (Å²) in [5.41, 5.74) is 3.50. The first kappa shape index (κ1) is 24.1. The molecule has 2 aromatic rings. The summed E-state index contributed by atoms with van der Waals surface area (Å²) in [6, 6.07) is 15.8. The second kappa shape index (κ2) is 10.8. The first-order valence-corrected chi connectivity index (χ1v) is 11.3. The molecule has 1 N–H and O–H groups in total. The maximum Gasteiger partial charge on any atom is 0.242 e. The van der Waals surface area contributed by atoms with E-state index >= 15 is 0 Å². The monoisotopic (exact) mass is 472 g/mol. The number of halogens is 1. The molecule has 0 aliphatic carbocycles. The Morgan fingerprint density at radius 1 is 1.07 bits per heavy atom. The Bertz CT molecular complexity index is 856. The number of carbonyl (C=O) groups excluding carboxylic acids is 2. The summed E-state index contributed by atoms with van der Waals surface area (Å²) in [5, 5.41) is 2.83. The zero-order valence-corrected chi connectivity index (χ0v) is 20.3. The minimum Gasteiger partial charge on any atom is -0.355 e. The van der Waals surface area contributed by atoms with Gasteiger partial charge in [0.25, 0.3) is 0 Å². The highest BCUT2D eigenvalue weighted by molar-refractivity contribution is 9.10. The molecule has 2 rings (SSSR count). The number of aryl methyl sites for hydroxylation is 1. The van der Waals surface area contributed by atoms with E-state index in [0.717, 1.165) is 15.6 Å². The molecule has 5 heteroatoms. The summed E-state index contributed by atoms with van der Waals surface area (Å²) >= 11 is 3.48. The van der Waals surface area contributed by atoms with Crippen LogP contribution in [0.25, 0.3) is 0 Å². The minimum atomic E-state index is -0.528. The molecule has 4 nitrogen and oxygen atoms in total. The molecule has 0 unspecified atom stereocenters. The topological polar surface area (TPSA) is 49.4 Å². The molecule has 0 aromatic heterocycles. The number of hydrogen-bond donors (Lipinski definition) is 1. The van der Waals surface area contributed by atoms with E-state index in [1.165, 1.54) is 5.56 Å². The third kappa shape index (κ3) is 6.98. The molecule has 0 aliphatic heterocycles. The lowest BCUT2D eigenvalue weighted by Crippen LogP contribution is -2.47. The van der Waals surface area contributed by atoms with Crippen LogP contribution < -0.4 is 5.32 Å². The number of benzene rings is 2. The van der Waals surface area contributed by atoms with Crippen LogP contribution in [-0.2, 0) is 28.0 Å². The smallest absolute Gasteiger partial charge is 0.242 e. The van der Waals surface area contributed by atoms with E-state index in [1.54, 1.807) is 11.8 Å². The van der Waals surface area contributed by atoms with Crippen molar-refractivity contribution in [1.29, 1.82) is 0 Å². The summed E-state index contributed by atoms with van der Waals surface area (Å²) in [6.07, 6.45) is 1.02. The van der Waals surface area contributed by atoms with Gasteiger partial charge in [0.05, 0.1) is 0 Å². The van der Waals surface area contributed by atoms with Crippen molar-refractivity contribution in [2.75, 3.05) is 6.54 Å². The van der Waals surface area contributed by atoms with Crippen LogP contribution in [0.5, 0.6) is 0 Å². The van der Waals surface area contributed by atoms with Crippen LogP contribution >= 0.6 is 15.9 Å². The summed E-state index contributed by atoms with van der Waals surface area (Å²) < 4.78 is 0.956. The Kier molecular flexibility index (Phi) is 8.65. The van der Waals surface area contributed by atoms with E-state index in [2.05, 4.69) is 66.3 Å². The Labute approximate surface area is 189 Å². The van der Waals surface area contributed by atoms with Crippen molar-refractivity contribution in [3.63, 3.8) is 0 Å². The van der Waals surface area contributed by atoms with Gasteiger partial charge in [0, 0.05) is 24.0 Å². The molecular weight excluding hydrogens is 440 g/mol. The lowest BCUT2D eigenvalue weighted by atomic mass is 9.86. The predicted octanol–water partition coefficient (Wildman–Crippen LogP) is 5.23. The van der Waals surface area contributed by atoms with Gasteiger partial charge < -0.3 is 10.2 Å². The van der Waals surface area contributed by atoms with Gasteiger partial charge in [0.15, 0.2) is 0 Å². The third-order valence-corrected chi connectivity index (χ3v) is 5.70. The first-order chi connectivity index (χ1) is 14.1. The summed E-state index contributed by atoms with van der Waals surface area (Å²) in [4.78, 5) is 27.2. The molecule has 0 radical (unpaired) electrons. The lowest BCUT2D eigenvalue weighted by molar-refractivity contribution is -0.140. The van der Waals surface area contributed by atoms with E-state index in [1.807, 2.05) is 31.2 Å². The SMILES string of the molecule is CCNC(=O)[C@@H](C)N(Cc1cccc(Br)c1)C(=O)CCc1ccc(C(C)(C)C)cc1. The minimum absolute atomic E-state index is 0.0198. The van der Waals surface area contributed by atoms with Gasteiger partial charge in [-0.2, -0.15) is 0 Å². The molecular formula is C25H33BrN2O2. The van der Waals surface area contributed by atoms with Crippen molar-refractivity contribution in [2.24, 2.45) is 0 Å². The molecule has 0 heterocycles. The number of likely N-dealkylation sites (N-methyl/N-ethyl adjacent to an activating group) is 1.